The minimum Gasteiger partial charge on any atom is -0.497 e. The summed E-state index contributed by atoms with van der Waals surface area (Å²) in [7, 11) is 1.58. The first-order chi connectivity index (χ1) is 13.5. The second kappa shape index (κ2) is 8.34. The van der Waals surface area contributed by atoms with E-state index in [1.165, 1.54) is 4.68 Å². The van der Waals surface area contributed by atoms with E-state index in [9.17, 15) is 9.59 Å². The highest BCUT2D eigenvalue weighted by Crippen LogP contribution is 2.19. The lowest BCUT2D eigenvalue weighted by molar-refractivity contribution is 0.0509. The number of carbonyl (C=O) groups excluding carboxylic acids is 2. The second-order valence-corrected chi connectivity index (χ2v) is 5.93. The minimum absolute atomic E-state index is 0.00841. The van der Waals surface area contributed by atoms with Crippen LogP contribution in [0.3, 0.4) is 0 Å². The quantitative estimate of drug-likeness (QED) is 0.380. The third kappa shape index (κ3) is 3.85. The maximum atomic E-state index is 12.9. The molecule has 2 N–H and O–H groups in total. The third-order valence-corrected chi connectivity index (χ3v) is 4.12. The van der Waals surface area contributed by atoms with Crippen LogP contribution >= 0.6 is 0 Å². The summed E-state index contributed by atoms with van der Waals surface area (Å²) in [5.41, 5.74) is 7.20. The maximum Gasteiger partial charge on any atom is 0.359 e. The zero-order chi connectivity index (χ0) is 20.1. The lowest BCUT2D eigenvalue weighted by atomic mass is 10.0. The summed E-state index contributed by atoms with van der Waals surface area (Å²) in [6.45, 7) is 2.09. The number of aromatic nitrogens is 3. The van der Waals surface area contributed by atoms with E-state index < -0.39 is 11.8 Å². The van der Waals surface area contributed by atoms with Crippen LogP contribution in [0.2, 0.25) is 0 Å². The van der Waals surface area contributed by atoms with E-state index in [-0.39, 0.29) is 30.1 Å². The van der Waals surface area contributed by atoms with Gasteiger partial charge in [-0.05, 0) is 36.8 Å². The van der Waals surface area contributed by atoms with E-state index in [0.717, 1.165) is 5.56 Å². The molecule has 0 aliphatic rings. The maximum absolute atomic E-state index is 12.9. The van der Waals surface area contributed by atoms with E-state index in [1.54, 1.807) is 50.4 Å². The van der Waals surface area contributed by atoms with Crippen molar-refractivity contribution < 1.29 is 19.1 Å². The number of para-hydroxylation sites is 1. The van der Waals surface area contributed by atoms with E-state index in [2.05, 4.69) is 10.3 Å². The van der Waals surface area contributed by atoms with Gasteiger partial charge < -0.3 is 15.2 Å². The predicted octanol–water partition coefficient (Wildman–Crippen LogP) is 2.32. The Labute approximate surface area is 161 Å². The first kappa shape index (κ1) is 19.1. The molecule has 0 saturated carbocycles. The average molecular weight is 380 g/mol. The van der Waals surface area contributed by atoms with Gasteiger partial charge in [0.1, 0.15) is 5.75 Å². The van der Waals surface area contributed by atoms with Crippen molar-refractivity contribution in [1.82, 2.24) is 15.0 Å². The predicted molar refractivity (Wildman–Crippen MR) is 102 cm³/mol. The van der Waals surface area contributed by atoms with Crippen LogP contribution in [-0.4, -0.2) is 40.5 Å². The van der Waals surface area contributed by atoms with E-state index in [4.69, 9.17) is 15.2 Å². The lowest BCUT2D eigenvalue weighted by Crippen LogP contribution is -2.18. The Morgan fingerprint density at radius 2 is 1.82 bits per heavy atom. The molecule has 0 unspecified atom stereocenters. The number of nitrogens with two attached hydrogens (primary N) is 1. The zero-order valence-corrected chi connectivity index (χ0v) is 15.6. The molecule has 0 aliphatic carbocycles. The highest BCUT2D eigenvalue weighted by atomic mass is 16.5. The van der Waals surface area contributed by atoms with E-state index in [0.29, 0.717) is 11.4 Å². The number of ether oxygens (including phenoxy) is 2. The van der Waals surface area contributed by atoms with Gasteiger partial charge in [-0.15, -0.1) is 5.10 Å². The van der Waals surface area contributed by atoms with Gasteiger partial charge in [0.05, 0.1) is 20.3 Å². The number of rotatable bonds is 7. The number of ketones is 1. The molecule has 3 aromatic rings. The van der Waals surface area contributed by atoms with Crippen molar-refractivity contribution in [1.29, 1.82) is 0 Å². The van der Waals surface area contributed by atoms with Crippen molar-refractivity contribution in [3.05, 3.63) is 71.0 Å². The molecule has 2 aromatic carbocycles. The third-order valence-electron chi connectivity index (χ3n) is 4.12. The number of esters is 1. The number of methoxy groups -OCH3 is 1. The van der Waals surface area contributed by atoms with Crippen LogP contribution in [0, 0.1) is 0 Å². The fourth-order valence-corrected chi connectivity index (χ4v) is 2.71. The molecule has 0 amide bonds. The Morgan fingerprint density at radius 1 is 1.11 bits per heavy atom. The smallest absolute Gasteiger partial charge is 0.359 e. The highest BCUT2D eigenvalue weighted by molar-refractivity contribution is 6.14. The molecule has 0 atom stereocenters. The molecule has 0 spiro atoms. The molecular weight excluding hydrogens is 360 g/mol. The standard InChI is InChI=1S/C20H20N4O4/c1-3-28-20(26)18-17(19(25)15-6-4-5-7-16(15)21)22-23-24(18)12-13-8-10-14(27-2)11-9-13/h4-11H,3,12,21H2,1-2H3. The lowest BCUT2D eigenvalue weighted by Gasteiger charge is -2.08. The molecule has 144 valence electrons. The average Bonchev–Trinajstić information content (AvgIpc) is 3.12. The number of hydrogen-bond acceptors (Lipinski definition) is 7. The molecule has 1 aromatic heterocycles. The number of nitrogens with zero attached hydrogens (tertiary/aromatic N) is 3. The Balaban J connectivity index is 2.00. The summed E-state index contributed by atoms with van der Waals surface area (Å²) in [4.78, 5) is 25.5. The molecule has 0 fully saturated rings. The molecule has 8 nitrogen and oxygen atoms in total. The number of benzene rings is 2. The molecule has 1 heterocycles. The van der Waals surface area contributed by atoms with Crippen molar-refractivity contribution in [2.24, 2.45) is 0 Å². The molecular formula is C20H20N4O4. The van der Waals surface area contributed by atoms with Crippen molar-refractivity contribution in [2.45, 2.75) is 13.5 Å². The van der Waals surface area contributed by atoms with Crippen LogP contribution in [0.25, 0.3) is 0 Å². The van der Waals surface area contributed by atoms with Gasteiger partial charge in [-0.2, -0.15) is 0 Å². The Bertz CT molecular complexity index is 996. The Kier molecular flexibility index (Phi) is 5.69. The van der Waals surface area contributed by atoms with Gasteiger partial charge in [0.2, 0.25) is 5.78 Å². The molecule has 28 heavy (non-hydrogen) atoms. The van der Waals surface area contributed by atoms with Crippen molar-refractivity contribution >= 4 is 17.4 Å². The summed E-state index contributed by atoms with van der Waals surface area (Å²) >= 11 is 0. The van der Waals surface area contributed by atoms with Crippen molar-refractivity contribution in [2.75, 3.05) is 19.5 Å². The summed E-state index contributed by atoms with van der Waals surface area (Å²) < 4.78 is 11.6. The van der Waals surface area contributed by atoms with Gasteiger partial charge in [0.15, 0.2) is 11.4 Å². The molecule has 3 rings (SSSR count). The number of nitrogen functional groups attached to an aromatic ring is 1. The normalized spacial score (nSPS) is 10.5. The van der Waals surface area contributed by atoms with Crippen LogP contribution in [0.1, 0.15) is 39.0 Å². The fraction of sp³-hybridized carbons (Fsp3) is 0.200. The topological polar surface area (TPSA) is 109 Å². The summed E-state index contributed by atoms with van der Waals surface area (Å²) in [6, 6.07) is 13.9. The van der Waals surface area contributed by atoms with Crippen molar-refractivity contribution in [3.63, 3.8) is 0 Å². The second-order valence-electron chi connectivity index (χ2n) is 5.93. The van der Waals surface area contributed by atoms with E-state index in [1.807, 2.05) is 12.1 Å². The van der Waals surface area contributed by atoms with Gasteiger partial charge in [0, 0.05) is 11.3 Å². The van der Waals surface area contributed by atoms with Gasteiger partial charge in [-0.3, -0.25) is 4.79 Å². The summed E-state index contributed by atoms with van der Waals surface area (Å²) in [6.07, 6.45) is 0. The molecule has 0 aliphatic heterocycles. The highest BCUT2D eigenvalue weighted by Gasteiger charge is 2.28. The number of carbonyl (C=O) groups is 2. The molecule has 0 bridgehead atoms. The zero-order valence-electron chi connectivity index (χ0n) is 15.6. The fourth-order valence-electron chi connectivity index (χ4n) is 2.71. The van der Waals surface area contributed by atoms with Crippen LogP contribution < -0.4 is 10.5 Å². The first-order valence-corrected chi connectivity index (χ1v) is 8.67. The molecule has 0 saturated heterocycles. The first-order valence-electron chi connectivity index (χ1n) is 8.67. The van der Waals surface area contributed by atoms with Gasteiger partial charge in [0.25, 0.3) is 0 Å². The molecule has 0 radical (unpaired) electrons. The summed E-state index contributed by atoms with van der Waals surface area (Å²) in [5, 5.41) is 7.96. The van der Waals surface area contributed by atoms with Crippen LogP contribution in [0.15, 0.2) is 48.5 Å². The number of anilines is 1. The minimum atomic E-state index is -0.668. The Morgan fingerprint density at radius 3 is 2.46 bits per heavy atom. The van der Waals surface area contributed by atoms with Crippen LogP contribution in [0.5, 0.6) is 5.75 Å². The van der Waals surface area contributed by atoms with Crippen LogP contribution in [0.4, 0.5) is 5.69 Å². The van der Waals surface area contributed by atoms with Gasteiger partial charge in [-0.1, -0.05) is 29.5 Å². The Hall–Kier alpha value is -3.68. The largest absolute Gasteiger partial charge is 0.497 e. The van der Waals surface area contributed by atoms with Gasteiger partial charge >= 0.3 is 5.97 Å². The number of hydrogen-bond donors (Lipinski definition) is 1. The summed E-state index contributed by atoms with van der Waals surface area (Å²) in [5.74, 6) is -0.440. The van der Waals surface area contributed by atoms with Gasteiger partial charge in [-0.25, -0.2) is 9.48 Å². The SMILES string of the molecule is CCOC(=O)c1c(C(=O)c2ccccc2N)nnn1Cc1ccc(OC)cc1. The molecule has 8 heteroatoms. The monoisotopic (exact) mass is 380 g/mol. The van der Waals surface area contributed by atoms with Crippen molar-refractivity contribution in [3.8, 4) is 5.75 Å². The van der Waals surface area contributed by atoms with Crippen LogP contribution in [-0.2, 0) is 11.3 Å². The van der Waals surface area contributed by atoms with E-state index >= 15 is 0 Å².